The van der Waals surface area contributed by atoms with Gasteiger partial charge in [-0.1, -0.05) is 35.9 Å². The highest BCUT2D eigenvalue weighted by Crippen LogP contribution is 2.19. The number of fused-ring (bicyclic) bond motifs is 1. The average Bonchev–Trinajstić information content (AvgIpc) is 2.14. The van der Waals surface area contributed by atoms with Gasteiger partial charge in [-0.3, -0.25) is 4.79 Å². The zero-order chi connectivity index (χ0) is 9.97. The van der Waals surface area contributed by atoms with E-state index in [1.165, 1.54) is 5.56 Å². The molecular weight excluding hydrogens is 172 g/mol. The van der Waals surface area contributed by atoms with Gasteiger partial charge in [0, 0.05) is 12.0 Å². The molecule has 0 spiro atoms. The molecule has 0 aliphatic heterocycles. The van der Waals surface area contributed by atoms with Gasteiger partial charge in [-0.05, 0) is 25.3 Å². The maximum atomic E-state index is 11.7. The molecule has 0 radical (unpaired) electrons. The van der Waals surface area contributed by atoms with Crippen LogP contribution in [0, 0.1) is 6.92 Å². The number of allylic oxidation sites excluding steroid dienone is 1. The minimum atomic E-state index is 0.282. The van der Waals surface area contributed by atoms with Crippen LogP contribution in [0.3, 0.4) is 0 Å². The number of hydrogen-bond donors (Lipinski definition) is 0. The van der Waals surface area contributed by atoms with Gasteiger partial charge < -0.3 is 0 Å². The van der Waals surface area contributed by atoms with Crippen molar-refractivity contribution < 1.29 is 4.79 Å². The maximum Gasteiger partial charge on any atom is 0.163 e. The molecule has 0 fully saturated rings. The molecule has 2 rings (SSSR count). The predicted octanol–water partition coefficient (Wildman–Crippen LogP) is 3.37. The molecule has 0 heterocycles. The molecule has 1 aromatic carbocycles. The number of rotatable bonds is 0. The highest BCUT2D eigenvalue weighted by atomic mass is 16.1. The third kappa shape index (κ3) is 1.77. The fraction of sp³-hybridized carbons (Fsp3) is 0.308. The number of ketones is 1. The second kappa shape index (κ2) is 3.79. The van der Waals surface area contributed by atoms with E-state index in [-0.39, 0.29) is 5.78 Å². The molecule has 0 saturated heterocycles. The summed E-state index contributed by atoms with van der Waals surface area (Å²) in [5.41, 5.74) is 3.17. The second-order valence-electron chi connectivity index (χ2n) is 3.81. The van der Waals surface area contributed by atoms with Gasteiger partial charge in [0.15, 0.2) is 5.78 Å². The van der Waals surface area contributed by atoms with Crippen LogP contribution in [0.15, 0.2) is 24.3 Å². The summed E-state index contributed by atoms with van der Waals surface area (Å²) in [6.07, 6.45) is 6.90. The van der Waals surface area contributed by atoms with Gasteiger partial charge >= 0.3 is 0 Å². The fourth-order valence-electron chi connectivity index (χ4n) is 1.80. The lowest BCUT2D eigenvalue weighted by atomic mass is 9.95. The maximum absolute atomic E-state index is 11.7. The zero-order valence-electron chi connectivity index (χ0n) is 8.42. The molecule has 0 atom stereocenters. The topological polar surface area (TPSA) is 17.1 Å². The van der Waals surface area contributed by atoms with Crippen molar-refractivity contribution >= 4 is 11.9 Å². The van der Waals surface area contributed by atoms with Crippen molar-refractivity contribution in [3.63, 3.8) is 0 Å². The van der Waals surface area contributed by atoms with Crippen LogP contribution in [0.4, 0.5) is 0 Å². The Bertz CT molecular complexity index is 388. The molecule has 1 aliphatic rings. The van der Waals surface area contributed by atoms with Crippen LogP contribution in [-0.2, 0) is 0 Å². The average molecular weight is 186 g/mol. The quantitative estimate of drug-likeness (QED) is 0.607. The van der Waals surface area contributed by atoms with Crippen LogP contribution < -0.4 is 0 Å². The van der Waals surface area contributed by atoms with Gasteiger partial charge in [0.25, 0.3) is 0 Å². The summed E-state index contributed by atoms with van der Waals surface area (Å²) in [6.45, 7) is 2.05. The first-order chi connectivity index (χ1) is 6.77. The first kappa shape index (κ1) is 9.20. The van der Waals surface area contributed by atoms with Crippen molar-refractivity contribution in [3.8, 4) is 0 Å². The third-order valence-corrected chi connectivity index (χ3v) is 2.58. The summed E-state index contributed by atoms with van der Waals surface area (Å²) in [6, 6.07) is 6.03. The minimum absolute atomic E-state index is 0.282. The standard InChI is InChI=1S/C13H14O/c1-10-7-8-12-11(9-10)5-3-2-4-6-13(12)14/h3,5,7-9H,2,4,6H2,1H3/b5-3-. The molecule has 0 amide bonds. The normalized spacial score (nSPS) is 18.2. The van der Waals surface area contributed by atoms with E-state index < -0.39 is 0 Å². The summed E-state index contributed by atoms with van der Waals surface area (Å²) in [4.78, 5) is 11.7. The molecular formula is C13H14O. The van der Waals surface area contributed by atoms with E-state index in [4.69, 9.17) is 0 Å². The van der Waals surface area contributed by atoms with E-state index in [0.717, 1.165) is 24.0 Å². The SMILES string of the molecule is Cc1ccc2c(c1)/C=C\CCCC2=O. The molecule has 1 nitrogen and oxygen atoms in total. The molecule has 0 unspecified atom stereocenters. The van der Waals surface area contributed by atoms with Gasteiger partial charge in [-0.15, -0.1) is 0 Å². The number of carbonyl (C=O) groups excluding carboxylic acids is 1. The second-order valence-corrected chi connectivity index (χ2v) is 3.81. The van der Waals surface area contributed by atoms with Gasteiger partial charge in [-0.2, -0.15) is 0 Å². The molecule has 72 valence electrons. The van der Waals surface area contributed by atoms with Crippen LogP contribution in [0.1, 0.15) is 40.7 Å². The lowest BCUT2D eigenvalue weighted by Crippen LogP contribution is -2.03. The first-order valence-electron chi connectivity index (χ1n) is 5.08. The number of aryl methyl sites for hydroxylation is 1. The monoisotopic (exact) mass is 186 g/mol. The first-order valence-corrected chi connectivity index (χ1v) is 5.08. The van der Waals surface area contributed by atoms with Crippen LogP contribution in [-0.4, -0.2) is 5.78 Å². The predicted molar refractivity (Wildman–Crippen MR) is 58.4 cm³/mol. The Kier molecular flexibility index (Phi) is 2.49. The molecule has 0 saturated carbocycles. The molecule has 0 bridgehead atoms. The third-order valence-electron chi connectivity index (χ3n) is 2.58. The lowest BCUT2D eigenvalue weighted by molar-refractivity contribution is 0.0980. The van der Waals surface area contributed by atoms with E-state index in [0.29, 0.717) is 6.42 Å². The minimum Gasteiger partial charge on any atom is -0.294 e. The number of hydrogen-bond acceptors (Lipinski definition) is 1. The van der Waals surface area contributed by atoms with Crippen molar-refractivity contribution in [2.75, 3.05) is 0 Å². The van der Waals surface area contributed by atoms with E-state index >= 15 is 0 Å². The fourth-order valence-corrected chi connectivity index (χ4v) is 1.80. The zero-order valence-corrected chi connectivity index (χ0v) is 8.42. The van der Waals surface area contributed by atoms with Crippen molar-refractivity contribution in [2.24, 2.45) is 0 Å². The van der Waals surface area contributed by atoms with Crippen LogP contribution >= 0.6 is 0 Å². The van der Waals surface area contributed by atoms with Crippen LogP contribution in [0.2, 0.25) is 0 Å². The van der Waals surface area contributed by atoms with Crippen LogP contribution in [0.5, 0.6) is 0 Å². The smallest absolute Gasteiger partial charge is 0.163 e. The number of Topliss-reactive ketones (excluding diaryl/α,β-unsaturated/α-hetero) is 1. The van der Waals surface area contributed by atoms with Crippen molar-refractivity contribution in [3.05, 3.63) is 41.0 Å². The molecule has 0 aromatic heterocycles. The largest absolute Gasteiger partial charge is 0.294 e. The number of benzene rings is 1. The highest BCUT2D eigenvalue weighted by Gasteiger charge is 2.10. The van der Waals surface area contributed by atoms with Crippen molar-refractivity contribution in [1.82, 2.24) is 0 Å². The van der Waals surface area contributed by atoms with E-state index in [9.17, 15) is 4.79 Å². The van der Waals surface area contributed by atoms with Gasteiger partial charge in [0.2, 0.25) is 0 Å². The Morgan fingerprint density at radius 1 is 1.29 bits per heavy atom. The Labute approximate surface area is 84.5 Å². The van der Waals surface area contributed by atoms with Crippen LogP contribution in [0.25, 0.3) is 6.08 Å². The molecule has 1 aliphatic carbocycles. The Hall–Kier alpha value is -1.37. The van der Waals surface area contributed by atoms with Crippen molar-refractivity contribution in [1.29, 1.82) is 0 Å². The summed E-state index contributed by atoms with van der Waals surface area (Å²) < 4.78 is 0. The molecule has 0 N–H and O–H groups in total. The van der Waals surface area contributed by atoms with Crippen molar-refractivity contribution in [2.45, 2.75) is 26.2 Å². The molecule has 1 heteroatoms. The Balaban J connectivity index is 2.52. The van der Waals surface area contributed by atoms with E-state index in [1.54, 1.807) is 0 Å². The summed E-state index contributed by atoms with van der Waals surface area (Å²) in [7, 11) is 0. The van der Waals surface area contributed by atoms with E-state index in [2.05, 4.69) is 25.1 Å². The van der Waals surface area contributed by atoms with Gasteiger partial charge in [-0.25, -0.2) is 0 Å². The van der Waals surface area contributed by atoms with Gasteiger partial charge in [0.1, 0.15) is 0 Å². The number of carbonyl (C=O) groups is 1. The summed E-state index contributed by atoms with van der Waals surface area (Å²) in [5.74, 6) is 0.282. The summed E-state index contributed by atoms with van der Waals surface area (Å²) in [5, 5.41) is 0. The Morgan fingerprint density at radius 2 is 2.14 bits per heavy atom. The Morgan fingerprint density at radius 3 is 3.00 bits per heavy atom. The summed E-state index contributed by atoms with van der Waals surface area (Å²) >= 11 is 0. The lowest BCUT2D eigenvalue weighted by Gasteiger charge is -2.08. The molecule has 1 aromatic rings. The molecule has 14 heavy (non-hydrogen) atoms. The van der Waals surface area contributed by atoms with E-state index in [1.807, 2.05) is 12.1 Å². The highest BCUT2D eigenvalue weighted by molar-refractivity contribution is 5.99. The van der Waals surface area contributed by atoms with Gasteiger partial charge in [0.05, 0.1) is 0 Å².